The average Bonchev–Trinajstić information content (AvgIpc) is 2.38. The second kappa shape index (κ2) is 5.10. The van der Waals surface area contributed by atoms with E-state index in [9.17, 15) is 0 Å². The third-order valence-electron chi connectivity index (χ3n) is 2.30. The molecule has 2 rings (SSSR count). The van der Waals surface area contributed by atoms with E-state index in [-0.39, 0.29) is 0 Å². The lowest BCUT2D eigenvalue weighted by Gasteiger charge is -2.05. The topological polar surface area (TPSA) is 47.9 Å². The molecule has 0 bridgehead atoms. The highest BCUT2D eigenvalue weighted by molar-refractivity contribution is 6.29. The SMILES string of the molecule is CCc1nc(Cl)cc(-c2cncc(OC)c2)n1. The molecule has 0 N–H and O–H groups in total. The Morgan fingerprint density at radius 3 is 2.76 bits per heavy atom. The molecule has 0 aliphatic heterocycles. The second-order valence-corrected chi connectivity index (χ2v) is 3.85. The first kappa shape index (κ1) is 11.8. The van der Waals surface area contributed by atoms with Crippen molar-refractivity contribution >= 4 is 11.6 Å². The molecule has 0 spiro atoms. The lowest BCUT2D eigenvalue weighted by Crippen LogP contribution is -1.96. The van der Waals surface area contributed by atoms with E-state index in [0.717, 1.165) is 23.5 Å². The van der Waals surface area contributed by atoms with Crippen LogP contribution in [0.3, 0.4) is 0 Å². The maximum absolute atomic E-state index is 5.95. The highest BCUT2D eigenvalue weighted by Gasteiger charge is 2.06. The average molecular weight is 250 g/mol. The second-order valence-electron chi connectivity index (χ2n) is 3.46. The van der Waals surface area contributed by atoms with Gasteiger partial charge in [0.2, 0.25) is 0 Å². The van der Waals surface area contributed by atoms with E-state index in [4.69, 9.17) is 16.3 Å². The standard InChI is InChI=1S/C12H12ClN3O/c1-3-12-15-10(5-11(13)16-12)8-4-9(17-2)7-14-6-8/h4-7H,3H2,1-2H3. The molecule has 2 heterocycles. The summed E-state index contributed by atoms with van der Waals surface area (Å²) in [7, 11) is 1.60. The number of hydrogen-bond donors (Lipinski definition) is 0. The van der Waals surface area contributed by atoms with Gasteiger partial charge in [-0.3, -0.25) is 4.98 Å². The Bertz CT molecular complexity index is 531. The summed E-state index contributed by atoms with van der Waals surface area (Å²) in [5.41, 5.74) is 1.62. The zero-order valence-corrected chi connectivity index (χ0v) is 10.4. The van der Waals surface area contributed by atoms with Crippen molar-refractivity contribution in [2.45, 2.75) is 13.3 Å². The highest BCUT2D eigenvalue weighted by Crippen LogP contribution is 2.22. The van der Waals surface area contributed by atoms with Gasteiger partial charge in [0.25, 0.3) is 0 Å². The summed E-state index contributed by atoms with van der Waals surface area (Å²) in [5, 5.41) is 0.440. The van der Waals surface area contributed by atoms with Gasteiger partial charge < -0.3 is 4.74 Å². The predicted molar refractivity (Wildman–Crippen MR) is 66.2 cm³/mol. The van der Waals surface area contributed by atoms with Gasteiger partial charge in [0.15, 0.2) is 0 Å². The van der Waals surface area contributed by atoms with Gasteiger partial charge in [-0.25, -0.2) is 9.97 Å². The zero-order valence-electron chi connectivity index (χ0n) is 9.64. The maximum Gasteiger partial charge on any atom is 0.137 e. The van der Waals surface area contributed by atoms with Crippen LogP contribution in [0.25, 0.3) is 11.3 Å². The summed E-state index contributed by atoms with van der Waals surface area (Å²) < 4.78 is 5.12. The van der Waals surface area contributed by atoms with Gasteiger partial charge in [-0.2, -0.15) is 0 Å². The van der Waals surface area contributed by atoms with Crippen molar-refractivity contribution in [2.75, 3.05) is 7.11 Å². The van der Waals surface area contributed by atoms with Crippen LogP contribution in [-0.2, 0) is 6.42 Å². The first-order valence-corrected chi connectivity index (χ1v) is 5.63. The Balaban J connectivity index is 2.47. The van der Waals surface area contributed by atoms with Gasteiger partial charge in [-0.15, -0.1) is 0 Å². The van der Waals surface area contributed by atoms with Crippen molar-refractivity contribution < 1.29 is 4.74 Å². The number of ether oxygens (including phenoxy) is 1. The van der Waals surface area contributed by atoms with E-state index in [1.807, 2.05) is 13.0 Å². The Kier molecular flexibility index (Phi) is 3.54. The Morgan fingerprint density at radius 2 is 2.06 bits per heavy atom. The van der Waals surface area contributed by atoms with Crippen molar-refractivity contribution in [3.05, 3.63) is 35.5 Å². The summed E-state index contributed by atoms with van der Waals surface area (Å²) in [6, 6.07) is 3.59. The summed E-state index contributed by atoms with van der Waals surface area (Å²) in [6.45, 7) is 1.99. The molecule has 0 radical (unpaired) electrons. The molecular formula is C12H12ClN3O. The maximum atomic E-state index is 5.95. The van der Waals surface area contributed by atoms with Crippen LogP contribution in [0.4, 0.5) is 0 Å². The molecule has 0 aliphatic carbocycles. The smallest absolute Gasteiger partial charge is 0.137 e. The number of nitrogens with zero attached hydrogens (tertiary/aromatic N) is 3. The normalized spacial score (nSPS) is 10.3. The lowest BCUT2D eigenvalue weighted by atomic mass is 10.2. The van der Waals surface area contributed by atoms with Gasteiger partial charge in [-0.05, 0) is 6.07 Å². The number of aromatic nitrogens is 3. The fourth-order valence-corrected chi connectivity index (χ4v) is 1.64. The molecule has 17 heavy (non-hydrogen) atoms. The quantitative estimate of drug-likeness (QED) is 0.785. The molecule has 5 heteroatoms. The third-order valence-corrected chi connectivity index (χ3v) is 2.50. The Hall–Kier alpha value is -1.68. The summed E-state index contributed by atoms with van der Waals surface area (Å²) in [5.74, 6) is 1.41. The van der Waals surface area contributed by atoms with E-state index in [2.05, 4.69) is 15.0 Å². The van der Waals surface area contributed by atoms with E-state index < -0.39 is 0 Å². The van der Waals surface area contributed by atoms with Crippen LogP contribution in [0, 0.1) is 0 Å². The summed E-state index contributed by atoms with van der Waals surface area (Å²) >= 11 is 5.95. The first-order chi connectivity index (χ1) is 8.22. The van der Waals surface area contributed by atoms with E-state index >= 15 is 0 Å². The van der Waals surface area contributed by atoms with Crippen molar-refractivity contribution in [2.24, 2.45) is 0 Å². The molecule has 0 saturated carbocycles. The van der Waals surface area contributed by atoms with Crippen molar-refractivity contribution in [3.8, 4) is 17.0 Å². The molecule has 0 aliphatic rings. The molecule has 4 nitrogen and oxygen atoms in total. The fraction of sp³-hybridized carbons (Fsp3) is 0.250. The van der Waals surface area contributed by atoms with Crippen LogP contribution in [0.1, 0.15) is 12.7 Å². The summed E-state index contributed by atoms with van der Waals surface area (Å²) in [4.78, 5) is 12.6. The van der Waals surface area contributed by atoms with Crippen LogP contribution in [0.15, 0.2) is 24.5 Å². The van der Waals surface area contributed by atoms with Gasteiger partial charge >= 0.3 is 0 Å². The van der Waals surface area contributed by atoms with Gasteiger partial charge in [-0.1, -0.05) is 18.5 Å². The fourth-order valence-electron chi connectivity index (χ4n) is 1.44. The van der Waals surface area contributed by atoms with Crippen LogP contribution in [-0.4, -0.2) is 22.1 Å². The molecular weight excluding hydrogens is 238 g/mol. The van der Waals surface area contributed by atoms with Crippen LogP contribution in [0.5, 0.6) is 5.75 Å². The molecule has 88 valence electrons. The molecule has 2 aromatic heterocycles. The molecule has 0 saturated heterocycles. The minimum absolute atomic E-state index is 0.440. The van der Waals surface area contributed by atoms with Gasteiger partial charge in [0.05, 0.1) is 19.0 Å². The predicted octanol–water partition coefficient (Wildman–Crippen LogP) is 2.76. The number of pyridine rings is 1. The molecule has 0 unspecified atom stereocenters. The lowest BCUT2D eigenvalue weighted by molar-refractivity contribution is 0.413. The Morgan fingerprint density at radius 1 is 1.24 bits per heavy atom. The number of methoxy groups -OCH3 is 1. The minimum atomic E-state index is 0.440. The van der Waals surface area contributed by atoms with Crippen LogP contribution in [0.2, 0.25) is 5.15 Å². The number of hydrogen-bond acceptors (Lipinski definition) is 4. The monoisotopic (exact) mass is 249 g/mol. The minimum Gasteiger partial charge on any atom is -0.495 e. The molecule has 0 amide bonds. The highest BCUT2D eigenvalue weighted by atomic mass is 35.5. The largest absolute Gasteiger partial charge is 0.495 e. The molecule has 0 fully saturated rings. The number of aryl methyl sites for hydroxylation is 1. The van der Waals surface area contributed by atoms with E-state index in [1.165, 1.54) is 0 Å². The van der Waals surface area contributed by atoms with Crippen LogP contribution < -0.4 is 4.74 Å². The van der Waals surface area contributed by atoms with E-state index in [1.54, 1.807) is 25.6 Å². The number of halogens is 1. The number of rotatable bonds is 3. The molecule has 2 aromatic rings. The first-order valence-electron chi connectivity index (χ1n) is 5.25. The Labute approximate surface area is 105 Å². The summed E-state index contributed by atoms with van der Waals surface area (Å²) in [6.07, 6.45) is 4.11. The van der Waals surface area contributed by atoms with Crippen LogP contribution >= 0.6 is 11.6 Å². The van der Waals surface area contributed by atoms with Crippen molar-refractivity contribution in [1.29, 1.82) is 0 Å². The molecule has 0 aromatic carbocycles. The van der Waals surface area contributed by atoms with Crippen molar-refractivity contribution in [3.63, 3.8) is 0 Å². The third kappa shape index (κ3) is 2.71. The molecule has 0 atom stereocenters. The van der Waals surface area contributed by atoms with Gasteiger partial charge in [0.1, 0.15) is 16.7 Å². The van der Waals surface area contributed by atoms with Gasteiger partial charge in [0, 0.05) is 24.2 Å². The van der Waals surface area contributed by atoms with E-state index in [0.29, 0.717) is 10.9 Å². The zero-order chi connectivity index (χ0) is 12.3. The van der Waals surface area contributed by atoms with Crippen molar-refractivity contribution in [1.82, 2.24) is 15.0 Å².